The Morgan fingerprint density at radius 3 is 2.59 bits per heavy atom. The number of hydrogen-bond donors (Lipinski definition) is 0. The Morgan fingerprint density at radius 1 is 0.969 bits per heavy atom. The summed E-state index contributed by atoms with van der Waals surface area (Å²) >= 11 is 0. The molecule has 1 aromatic heterocycles. The lowest BCUT2D eigenvalue weighted by Crippen LogP contribution is -2.42. The second-order valence-electron chi connectivity index (χ2n) is 7.71. The molecule has 0 spiro atoms. The van der Waals surface area contributed by atoms with Crippen LogP contribution in [0.4, 0.5) is 4.39 Å². The molecule has 5 nitrogen and oxygen atoms in total. The number of benzene rings is 3. The van der Waals surface area contributed by atoms with Gasteiger partial charge in [-0.1, -0.05) is 48.5 Å². The second-order valence-corrected chi connectivity index (χ2v) is 7.71. The summed E-state index contributed by atoms with van der Waals surface area (Å²) in [6, 6.07) is 25.7. The quantitative estimate of drug-likeness (QED) is 0.466. The number of carbonyl (C=O) groups excluding carboxylic acids is 1. The molecule has 32 heavy (non-hydrogen) atoms. The molecule has 2 heterocycles. The summed E-state index contributed by atoms with van der Waals surface area (Å²) in [7, 11) is 0. The molecule has 1 amide bonds. The number of nitrogens with zero attached hydrogens (tertiary/aromatic N) is 3. The van der Waals surface area contributed by atoms with Crippen LogP contribution in [0.3, 0.4) is 0 Å². The van der Waals surface area contributed by atoms with Crippen LogP contribution in [0.1, 0.15) is 22.0 Å². The van der Waals surface area contributed by atoms with E-state index in [1.165, 1.54) is 12.1 Å². The van der Waals surface area contributed by atoms with Gasteiger partial charge < -0.3 is 9.64 Å². The molecule has 1 unspecified atom stereocenters. The smallest absolute Gasteiger partial charge is 0.254 e. The number of carbonyl (C=O) groups is 1. The van der Waals surface area contributed by atoms with Crippen LogP contribution in [0, 0.1) is 5.82 Å². The van der Waals surface area contributed by atoms with E-state index in [1.54, 1.807) is 23.2 Å². The van der Waals surface area contributed by atoms with Gasteiger partial charge >= 0.3 is 0 Å². The average Bonchev–Trinajstić information content (AvgIpc) is 3.35. The van der Waals surface area contributed by atoms with E-state index in [2.05, 4.69) is 5.10 Å². The summed E-state index contributed by atoms with van der Waals surface area (Å²) in [4.78, 5) is 15.1. The summed E-state index contributed by atoms with van der Waals surface area (Å²) in [6.07, 6.45) is 1.49. The number of rotatable bonds is 4. The summed E-state index contributed by atoms with van der Waals surface area (Å²) in [5, 5.41) is 4.48. The van der Waals surface area contributed by atoms with Crippen molar-refractivity contribution in [3.8, 4) is 16.9 Å². The van der Waals surface area contributed by atoms with E-state index in [4.69, 9.17) is 4.74 Å². The van der Waals surface area contributed by atoms with Crippen LogP contribution in [0.25, 0.3) is 16.9 Å². The number of morpholine rings is 1. The van der Waals surface area contributed by atoms with Crippen molar-refractivity contribution >= 4 is 5.91 Å². The third kappa shape index (κ3) is 4.05. The average molecular weight is 427 g/mol. The normalized spacial score (nSPS) is 16.2. The monoisotopic (exact) mass is 427 g/mol. The van der Waals surface area contributed by atoms with E-state index in [9.17, 15) is 9.18 Å². The van der Waals surface area contributed by atoms with Gasteiger partial charge in [-0.15, -0.1) is 0 Å². The van der Waals surface area contributed by atoms with Gasteiger partial charge in [-0.2, -0.15) is 5.10 Å². The minimum atomic E-state index is -0.289. The Kier molecular flexibility index (Phi) is 5.52. The van der Waals surface area contributed by atoms with Crippen molar-refractivity contribution in [1.29, 1.82) is 0 Å². The highest BCUT2D eigenvalue weighted by atomic mass is 19.1. The van der Waals surface area contributed by atoms with Crippen molar-refractivity contribution in [1.82, 2.24) is 14.7 Å². The largest absolute Gasteiger partial charge is 0.370 e. The molecule has 3 aromatic carbocycles. The van der Waals surface area contributed by atoms with Gasteiger partial charge in [0.05, 0.1) is 30.7 Å². The van der Waals surface area contributed by atoms with Crippen LogP contribution in [-0.4, -0.2) is 40.3 Å². The molecule has 4 aromatic rings. The van der Waals surface area contributed by atoms with E-state index in [1.807, 2.05) is 65.3 Å². The van der Waals surface area contributed by atoms with E-state index >= 15 is 0 Å². The Labute approximate surface area is 185 Å². The Hall–Kier alpha value is -3.77. The zero-order chi connectivity index (χ0) is 21.9. The first kappa shape index (κ1) is 20.2. The molecule has 0 bridgehead atoms. The summed E-state index contributed by atoms with van der Waals surface area (Å²) in [5.74, 6) is -0.349. The van der Waals surface area contributed by atoms with Crippen molar-refractivity contribution in [2.75, 3.05) is 19.7 Å². The van der Waals surface area contributed by atoms with Gasteiger partial charge in [0.25, 0.3) is 5.91 Å². The standard InChI is InChI=1S/C26H22FN3O2/c27-22-11-9-20(10-12-22)25-18-29(15-16-32-25)26(31)21-7-4-8-23(17-21)30-24(13-14-28-30)19-5-2-1-3-6-19/h1-14,17,25H,15-16,18H2. The predicted molar refractivity (Wildman–Crippen MR) is 120 cm³/mol. The van der Waals surface area contributed by atoms with Gasteiger partial charge in [-0.05, 0) is 42.0 Å². The number of hydrogen-bond acceptors (Lipinski definition) is 3. The SMILES string of the molecule is O=C(c1cccc(-n2nccc2-c2ccccc2)c1)N1CCOC(c2ccc(F)cc2)C1. The molecule has 0 saturated carbocycles. The summed E-state index contributed by atoms with van der Waals surface area (Å²) in [6.45, 7) is 1.37. The molecule has 0 N–H and O–H groups in total. The first-order valence-corrected chi connectivity index (χ1v) is 10.6. The van der Waals surface area contributed by atoms with Gasteiger partial charge in [-0.3, -0.25) is 4.79 Å². The van der Waals surface area contributed by atoms with Gasteiger partial charge in [0.2, 0.25) is 0 Å². The minimum Gasteiger partial charge on any atom is -0.370 e. The van der Waals surface area contributed by atoms with E-state index in [0.29, 0.717) is 25.3 Å². The van der Waals surface area contributed by atoms with Crippen LogP contribution in [-0.2, 0) is 4.74 Å². The van der Waals surface area contributed by atoms with E-state index < -0.39 is 0 Å². The van der Waals surface area contributed by atoms with Gasteiger partial charge in [0, 0.05) is 17.7 Å². The van der Waals surface area contributed by atoms with Crippen molar-refractivity contribution in [2.24, 2.45) is 0 Å². The van der Waals surface area contributed by atoms with Crippen LogP contribution in [0.2, 0.25) is 0 Å². The number of halogens is 1. The van der Waals surface area contributed by atoms with Gasteiger partial charge in [-0.25, -0.2) is 9.07 Å². The molecule has 0 radical (unpaired) electrons. The van der Waals surface area contributed by atoms with Crippen molar-refractivity contribution in [3.63, 3.8) is 0 Å². The molecule has 1 saturated heterocycles. The lowest BCUT2D eigenvalue weighted by Gasteiger charge is -2.33. The highest BCUT2D eigenvalue weighted by Gasteiger charge is 2.26. The highest BCUT2D eigenvalue weighted by Crippen LogP contribution is 2.25. The lowest BCUT2D eigenvalue weighted by molar-refractivity contribution is -0.0228. The number of ether oxygens (including phenoxy) is 1. The highest BCUT2D eigenvalue weighted by molar-refractivity contribution is 5.95. The zero-order valence-electron chi connectivity index (χ0n) is 17.4. The maximum atomic E-state index is 13.3. The fraction of sp³-hybridized carbons (Fsp3) is 0.154. The molecule has 160 valence electrons. The summed E-state index contributed by atoms with van der Waals surface area (Å²) < 4.78 is 20.9. The molecular weight excluding hydrogens is 405 g/mol. The van der Waals surface area contributed by atoms with E-state index in [-0.39, 0.29) is 17.8 Å². The Bertz CT molecular complexity index is 1220. The fourth-order valence-electron chi connectivity index (χ4n) is 4.00. The fourth-order valence-corrected chi connectivity index (χ4v) is 4.00. The number of aromatic nitrogens is 2. The van der Waals surface area contributed by atoms with Crippen LogP contribution in [0.15, 0.2) is 91.1 Å². The van der Waals surface area contributed by atoms with Crippen molar-refractivity contribution in [2.45, 2.75) is 6.10 Å². The maximum Gasteiger partial charge on any atom is 0.254 e. The lowest BCUT2D eigenvalue weighted by atomic mass is 10.1. The van der Waals surface area contributed by atoms with Gasteiger partial charge in [0.1, 0.15) is 11.9 Å². The topological polar surface area (TPSA) is 47.4 Å². The molecule has 6 heteroatoms. The first-order valence-electron chi connectivity index (χ1n) is 10.6. The molecule has 5 rings (SSSR count). The molecule has 1 fully saturated rings. The first-order chi connectivity index (χ1) is 15.7. The Balaban J connectivity index is 1.39. The van der Waals surface area contributed by atoms with Gasteiger partial charge in [0.15, 0.2) is 0 Å². The maximum absolute atomic E-state index is 13.3. The van der Waals surface area contributed by atoms with Crippen LogP contribution in [0.5, 0.6) is 0 Å². The third-order valence-electron chi connectivity index (χ3n) is 5.65. The molecular formula is C26H22FN3O2. The molecule has 1 aliphatic heterocycles. The molecule has 0 aliphatic carbocycles. The van der Waals surface area contributed by atoms with Crippen molar-refractivity contribution < 1.29 is 13.9 Å². The third-order valence-corrected chi connectivity index (χ3v) is 5.65. The second kappa shape index (κ2) is 8.77. The Morgan fingerprint density at radius 2 is 1.78 bits per heavy atom. The van der Waals surface area contributed by atoms with Crippen molar-refractivity contribution in [3.05, 3.63) is 108 Å². The molecule has 1 aliphatic rings. The number of amides is 1. The summed E-state index contributed by atoms with van der Waals surface area (Å²) in [5.41, 5.74) is 4.29. The predicted octanol–water partition coefficient (Wildman–Crippen LogP) is 4.89. The van der Waals surface area contributed by atoms with Crippen LogP contribution >= 0.6 is 0 Å². The molecule has 1 atom stereocenters. The zero-order valence-corrected chi connectivity index (χ0v) is 17.4. The van der Waals surface area contributed by atoms with Crippen LogP contribution < -0.4 is 0 Å². The minimum absolute atomic E-state index is 0.0596. The van der Waals surface area contributed by atoms with E-state index in [0.717, 1.165) is 22.5 Å².